The monoisotopic (exact) mass is 245 g/mol. The van der Waals surface area contributed by atoms with Gasteiger partial charge in [0, 0.05) is 37.2 Å². The SMILES string of the molecule is CCNc1cc(N(C)c2cccc(F)c2)ccn1. The fourth-order valence-electron chi connectivity index (χ4n) is 1.74. The molecule has 0 spiro atoms. The Balaban J connectivity index is 2.27. The highest BCUT2D eigenvalue weighted by atomic mass is 19.1. The number of hydrogen-bond donors (Lipinski definition) is 1. The predicted octanol–water partition coefficient (Wildman–Crippen LogP) is 3.42. The van der Waals surface area contributed by atoms with Crippen molar-refractivity contribution in [2.75, 3.05) is 23.8 Å². The van der Waals surface area contributed by atoms with Crippen molar-refractivity contribution < 1.29 is 4.39 Å². The van der Waals surface area contributed by atoms with Crippen LogP contribution in [-0.2, 0) is 0 Å². The largest absolute Gasteiger partial charge is 0.370 e. The lowest BCUT2D eigenvalue weighted by molar-refractivity contribution is 0.628. The summed E-state index contributed by atoms with van der Waals surface area (Å²) in [7, 11) is 1.90. The smallest absolute Gasteiger partial charge is 0.127 e. The van der Waals surface area contributed by atoms with Crippen molar-refractivity contribution in [3.05, 3.63) is 48.4 Å². The van der Waals surface area contributed by atoms with Gasteiger partial charge in [0.15, 0.2) is 0 Å². The molecule has 0 radical (unpaired) electrons. The third-order valence-electron chi connectivity index (χ3n) is 2.68. The number of rotatable bonds is 4. The molecule has 0 saturated carbocycles. The van der Waals surface area contributed by atoms with Gasteiger partial charge in [0.05, 0.1) is 0 Å². The second-order valence-corrected chi connectivity index (χ2v) is 3.97. The zero-order chi connectivity index (χ0) is 13.0. The van der Waals surface area contributed by atoms with Crippen LogP contribution in [0.15, 0.2) is 42.6 Å². The third-order valence-corrected chi connectivity index (χ3v) is 2.68. The molecule has 2 rings (SSSR count). The first-order valence-electron chi connectivity index (χ1n) is 5.90. The molecule has 2 aromatic rings. The fourth-order valence-corrected chi connectivity index (χ4v) is 1.74. The molecule has 0 aliphatic heterocycles. The zero-order valence-electron chi connectivity index (χ0n) is 10.5. The van der Waals surface area contributed by atoms with Crippen LogP contribution in [0.3, 0.4) is 0 Å². The molecule has 3 nitrogen and oxygen atoms in total. The normalized spacial score (nSPS) is 10.2. The maximum Gasteiger partial charge on any atom is 0.127 e. The van der Waals surface area contributed by atoms with Gasteiger partial charge in [0.25, 0.3) is 0 Å². The Morgan fingerprint density at radius 2 is 2.00 bits per heavy atom. The molecule has 0 aliphatic rings. The fraction of sp³-hybridized carbons (Fsp3) is 0.214. The van der Waals surface area contributed by atoms with Crippen molar-refractivity contribution in [3.8, 4) is 0 Å². The number of nitrogens with one attached hydrogen (secondary N) is 1. The number of nitrogens with zero attached hydrogens (tertiary/aromatic N) is 2. The van der Waals surface area contributed by atoms with Gasteiger partial charge in [0.1, 0.15) is 11.6 Å². The Kier molecular flexibility index (Phi) is 3.77. The molecule has 0 unspecified atom stereocenters. The average Bonchev–Trinajstić information content (AvgIpc) is 2.39. The maximum atomic E-state index is 13.2. The van der Waals surface area contributed by atoms with E-state index in [0.29, 0.717) is 0 Å². The Bertz CT molecular complexity index is 528. The second-order valence-electron chi connectivity index (χ2n) is 3.97. The highest BCUT2D eigenvalue weighted by Crippen LogP contribution is 2.25. The molecule has 1 heterocycles. The van der Waals surface area contributed by atoms with Crippen molar-refractivity contribution in [2.24, 2.45) is 0 Å². The maximum absolute atomic E-state index is 13.2. The number of benzene rings is 1. The summed E-state index contributed by atoms with van der Waals surface area (Å²) < 4.78 is 13.2. The van der Waals surface area contributed by atoms with E-state index in [1.165, 1.54) is 12.1 Å². The summed E-state index contributed by atoms with van der Waals surface area (Å²) in [4.78, 5) is 6.13. The number of anilines is 3. The lowest BCUT2D eigenvalue weighted by Gasteiger charge is -2.20. The molecule has 18 heavy (non-hydrogen) atoms. The predicted molar refractivity (Wildman–Crippen MR) is 72.9 cm³/mol. The molecule has 1 aromatic carbocycles. The van der Waals surface area contributed by atoms with Crippen LogP contribution in [-0.4, -0.2) is 18.6 Å². The minimum Gasteiger partial charge on any atom is -0.370 e. The minimum atomic E-state index is -0.236. The highest BCUT2D eigenvalue weighted by Gasteiger charge is 2.05. The Morgan fingerprint density at radius 1 is 1.22 bits per heavy atom. The molecule has 0 bridgehead atoms. The van der Waals surface area contributed by atoms with E-state index in [2.05, 4.69) is 10.3 Å². The van der Waals surface area contributed by atoms with E-state index >= 15 is 0 Å². The summed E-state index contributed by atoms with van der Waals surface area (Å²) in [5.74, 6) is 0.582. The second kappa shape index (κ2) is 5.49. The van der Waals surface area contributed by atoms with Crippen LogP contribution >= 0.6 is 0 Å². The van der Waals surface area contributed by atoms with Crippen molar-refractivity contribution in [3.63, 3.8) is 0 Å². The Hall–Kier alpha value is -2.10. The third kappa shape index (κ3) is 2.77. The molecule has 94 valence electrons. The van der Waals surface area contributed by atoms with E-state index in [0.717, 1.165) is 23.7 Å². The van der Waals surface area contributed by atoms with Gasteiger partial charge in [-0.25, -0.2) is 9.37 Å². The van der Waals surface area contributed by atoms with Crippen molar-refractivity contribution in [2.45, 2.75) is 6.92 Å². The standard InChI is InChI=1S/C14H16FN3/c1-3-16-14-10-13(7-8-17-14)18(2)12-6-4-5-11(15)9-12/h4-10H,3H2,1-2H3,(H,16,17). The summed E-state index contributed by atoms with van der Waals surface area (Å²) in [5.41, 5.74) is 1.77. The highest BCUT2D eigenvalue weighted by molar-refractivity contribution is 5.64. The van der Waals surface area contributed by atoms with Crippen LogP contribution in [0, 0.1) is 5.82 Å². The van der Waals surface area contributed by atoms with E-state index < -0.39 is 0 Å². The van der Waals surface area contributed by atoms with Gasteiger partial charge in [-0.15, -0.1) is 0 Å². The molecule has 0 aliphatic carbocycles. The van der Waals surface area contributed by atoms with Crippen LogP contribution in [0.25, 0.3) is 0 Å². The Morgan fingerprint density at radius 3 is 2.72 bits per heavy atom. The summed E-state index contributed by atoms with van der Waals surface area (Å²) >= 11 is 0. The zero-order valence-corrected chi connectivity index (χ0v) is 10.5. The van der Waals surface area contributed by atoms with Gasteiger partial charge < -0.3 is 10.2 Å². The van der Waals surface area contributed by atoms with E-state index in [-0.39, 0.29) is 5.82 Å². The molecular formula is C14H16FN3. The lowest BCUT2D eigenvalue weighted by Crippen LogP contribution is -2.10. The molecular weight excluding hydrogens is 229 g/mol. The summed E-state index contributed by atoms with van der Waals surface area (Å²) in [6.07, 6.45) is 1.74. The molecule has 0 saturated heterocycles. The molecule has 1 N–H and O–H groups in total. The molecule has 0 amide bonds. The average molecular weight is 245 g/mol. The van der Waals surface area contributed by atoms with Crippen LogP contribution in [0.2, 0.25) is 0 Å². The van der Waals surface area contributed by atoms with Gasteiger partial charge in [0.2, 0.25) is 0 Å². The first-order valence-corrected chi connectivity index (χ1v) is 5.90. The van der Waals surface area contributed by atoms with Crippen LogP contribution in [0.1, 0.15) is 6.92 Å². The number of pyridine rings is 1. The molecule has 1 aromatic heterocycles. The van der Waals surface area contributed by atoms with E-state index in [1.54, 1.807) is 12.3 Å². The Labute approximate surface area is 106 Å². The molecule has 0 atom stereocenters. The quantitative estimate of drug-likeness (QED) is 0.894. The van der Waals surface area contributed by atoms with E-state index in [4.69, 9.17) is 0 Å². The number of halogens is 1. The van der Waals surface area contributed by atoms with Crippen LogP contribution < -0.4 is 10.2 Å². The van der Waals surface area contributed by atoms with E-state index in [1.807, 2.05) is 37.1 Å². The summed E-state index contributed by atoms with van der Waals surface area (Å²) in [5, 5.41) is 3.15. The first-order chi connectivity index (χ1) is 8.70. The first kappa shape index (κ1) is 12.4. The molecule has 4 heteroatoms. The summed E-state index contributed by atoms with van der Waals surface area (Å²) in [6, 6.07) is 10.4. The number of hydrogen-bond acceptors (Lipinski definition) is 3. The molecule has 0 fully saturated rings. The van der Waals surface area contributed by atoms with Crippen LogP contribution in [0.5, 0.6) is 0 Å². The topological polar surface area (TPSA) is 28.2 Å². The van der Waals surface area contributed by atoms with Gasteiger partial charge in [-0.1, -0.05) is 6.07 Å². The van der Waals surface area contributed by atoms with Crippen molar-refractivity contribution >= 4 is 17.2 Å². The van der Waals surface area contributed by atoms with Gasteiger partial charge >= 0.3 is 0 Å². The lowest BCUT2D eigenvalue weighted by atomic mass is 10.2. The summed E-state index contributed by atoms with van der Waals surface area (Å²) in [6.45, 7) is 2.84. The van der Waals surface area contributed by atoms with E-state index in [9.17, 15) is 4.39 Å². The van der Waals surface area contributed by atoms with Crippen LogP contribution in [0.4, 0.5) is 21.6 Å². The van der Waals surface area contributed by atoms with Gasteiger partial charge in [-0.05, 0) is 31.2 Å². The van der Waals surface area contributed by atoms with Gasteiger partial charge in [-0.2, -0.15) is 0 Å². The number of aromatic nitrogens is 1. The van der Waals surface area contributed by atoms with Crippen molar-refractivity contribution in [1.29, 1.82) is 0 Å². The minimum absolute atomic E-state index is 0.236. The van der Waals surface area contributed by atoms with Crippen molar-refractivity contribution in [1.82, 2.24) is 4.98 Å². The van der Waals surface area contributed by atoms with Gasteiger partial charge in [-0.3, -0.25) is 0 Å².